The molecule has 0 unspecified atom stereocenters. The van der Waals surface area contributed by atoms with Gasteiger partial charge in [0.05, 0.1) is 22.7 Å². The molecule has 0 saturated heterocycles. The Morgan fingerprint density at radius 3 is 2.67 bits per heavy atom. The predicted molar refractivity (Wildman–Crippen MR) is 93.5 cm³/mol. The molecule has 0 bridgehead atoms. The molecule has 2 amide bonds. The number of hydrogen-bond donors (Lipinski definition) is 3. The van der Waals surface area contributed by atoms with Crippen LogP contribution >= 0.6 is 11.3 Å². The molecule has 0 spiro atoms. The van der Waals surface area contributed by atoms with Crippen LogP contribution in [0.3, 0.4) is 0 Å². The summed E-state index contributed by atoms with van der Waals surface area (Å²) in [5.74, 6) is 0. The van der Waals surface area contributed by atoms with Crippen LogP contribution in [0.5, 0.6) is 0 Å². The Balaban J connectivity index is 2.08. The Morgan fingerprint density at radius 2 is 2.08 bits per heavy atom. The van der Waals surface area contributed by atoms with Crippen molar-refractivity contribution in [1.82, 2.24) is 5.32 Å². The van der Waals surface area contributed by atoms with Gasteiger partial charge >= 0.3 is 6.03 Å². The third kappa shape index (κ3) is 3.90. The fourth-order valence-electron chi connectivity index (χ4n) is 2.31. The minimum absolute atomic E-state index is 0.0202. The number of aryl methyl sites for hydroxylation is 1. The molecular weight excluding hydrogens is 330 g/mol. The van der Waals surface area contributed by atoms with E-state index in [0.717, 1.165) is 10.4 Å². The number of urea groups is 1. The normalized spacial score (nSPS) is 13.2. The highest BCUT2D eigenvalue weighted by Crippen LogP contribution is 2.29. The molecule has 1 heterocycles. The van der Waals surface area contributed by atoms with E-state index in [1.54, 1.807) is 32.9 Å². The molecule has 0 aliphatic heterocycles. The number of nitrogens with zero attached hydrogens (tertiary/aromatic N) is 1. The Morgan fingerprint density at radius 1 is 1.38 bits per heavy atom. The number of anilines is 1. The summed E-state index contributed by atoms with van der Waals surface area (Å²) in [6.45, 7) is 4.98. The van der Waals surface area contributed by atoms with Crippen LogP contribution in [0.2, 0.25) is 0 Å². The highest BCUT2D eigenvalue weighted by molar-refractivity contribution is 7.10. The van der Waals surface area contributed by atoms with Crippen molar-refractivity contribution < 1.29 is 14.8 Å². The van der Waals surface area contributed by atoms with E-state index in [1.165, 1.54) is 17.4 Å². The fourth-order valence-corrected chi connectivity index (χ4v) is 3.10. The van der Waals surface area contributed by atoms with Gasteiger partial charge in [-0.15, -0.1) is 11.3 Å². The lowest BCUT2D eigenvalue weighted by Gasteiger charge is -2.22. The lowest BCUT2D eigenvalue weighted by atomic mass is 10.1. The second-order valence-electron chi connectivity index (χ2n) is 5.72. The second kappa shape index (κ2) is 6.98. The number of hydrogen-bond acceptors (Lipinski definition) is 5. The Bertz CT molecular complexity index is 757. The molecule has 0 aliphatic carbocycles. The summed E-state index contributed by atoms with van der Waals surface area (Å²) in [7, 11) is 0. The summed E-state index contributed by atoms with van der Waals surface area (Å²) < 4.78 is 0. The summed E-state index contributed by atoms with van der Waals surface area (Å²) in [4.78, 5) is 23.4. The van der Waals surface area contributed by atoms with Crippen LogP contribution in [0.25, 0.3) is 0 Å². The van der Waals surface area contributed by atoms with Gasteiger partial charge in [-0.2, -0.15) is 0 Å². The number of benzene rings is 1. The molecule has 7 nitrogen and oxygen atoms in total. The molecule has 3 N–H and O–H groups in total. The van der Waals surface area contributed by atoms with Crippen LogP contribution in [0.1, 0.15) is 22.9 Å². The first kappa shape index (κ1) is 17.9. The van der Waals surface area contributed by atoms with Crippen LogP contribution in [0, 0.1) is 24.0 Å². The van der Waals surface area contributed by atoms with Gasteiger partial charge in [0.15, 0.2) is 0 Å². The molecule has 2 rings (SSSR count). The van der Waals surface area contributed by atoms with Crippen LogP contribution in [-0.4, -0.2) is 22.6 Å². The number of carbonyl (C=O) groups is 1. The quantitative estimate of drug-likeness (QED) is 0.569. The smallest absolute Gasteiger partial charge is 0.319 e. The van der Waals surface area contributed by atoms with Crippen molar-refractivity contribution in [2.75, 3.05) is 11.9 Å². The molecule has 1 atom stereocenters. The van der Waals surface area contributed by atoms with Gasteiger partial charge in [0.1, 0.15) is 5.60 Å². The van der Waals surface area contributed by atoms with E-state index in [4.69, 9.17) is 0 Å². The van der Waals surface area contributed by atoms with Crippen molar-refractivity contribution in [2.45, 2.75) is 26.4 Å². The molecule has 0 radical (unpaired) electrons. The maximum atomic E-state index is 12.1. The Hall–Kier alpha value is -2.45. The number of amides is 2. The minimum atomic E-state index is -1.18. The van der Waals surface area contributed by atoms with E-state index in [-0.39, 0.29) is 12.2 Å². The lowest BCUT2D eigenvalue weighted by molar-refractivity contribution is -0.385. The van der Waals surface area contributed by atoms with E-state index in [0.29, 0.717) is 11.3 Å². The molecule has 128 valence electrons. The van der Waals surface area contributed by atoms with Gasteiger partial charge in [0.25, 0.3) is 5.69 Å². The molecule has 1 aromatic carbocycles. The second-order valence-corrected chi connectivity index (χ2v) is 6.67. The number of nitro benzene ring substituents is 1. The zero-order valence-corrected chi connectivity index (χ0v) is 14.4. The summed E-state index contributed by atoms with van der Waals surface area (Å²) in [5, 5.41) is 28.5. The van der Waals surface area contributed by atoms with E-state index >= 15 is 0 Å². The van der Waals surface area contributed by atoms with Crippen LogP contribution < -0.4 is 10.6 Å². The van der Waals surface area contributed by atoms with Crippen molar-refractivity contribution in [2.24, 2.45) is 0 Å². The largest absolute Gasteiger partial charge is 0.383 e. The summed E-state index contributed by atoms with van der Waals surface area (Å²) >= 11 is 1.40. The van der Waals surface area contributed by atoms with Crippen molar-refractivity contribution in [1.29, 1.82) is 0 Å². The standard InChI is InChI=1S/C16H19N3O4S/c1-10-6-7-12(19(22)23)11(2)14(10)18-15(20)17-9-16(3,21)13-5-4-8-24-13/h4-8,21H,9H2,1-3H3,(H2,17,18,20)/t16-/m1/s1. The molecule has 0 fully saturated rings. The number of nitrogens with one attached hydrogen (secondary N) is 2. The monoisotopic (exact) mass is 349 g/mol. The van der Waals surface area contributed by atoms with Gasteiger partial charge in [-0.05, 0) is 37.8 Å². The van der Waals surface area contributed by atoms with Crippen molar-refractivity contribution in [3.8, 4) is 0 Å². The van der Waals surface area contributed by atoms with Gasteiger partial charge < -0.3 is 15.7 Å². The summed E-state index contributed by atoms with van der Waals surface area (Å²) in [5.41, 5.74) is 0.274. The van der Waals surface area contributed by atoms with Crippen LogP contribution in [0.4, 0.5) is 16.2 Å². The average molecular weight is 349 g/mol. The molecule has 8 heteroatoms. The zero-order valence-electron chi connectivity index (χ0n) is 13.6. The molecule has 2 aromatic rings. The number of aliphatic hydroxyl groups is 1. The first-order valence-electron chi connectivity index (χ1n) is 7.28. The van der Waals surface area contributed by atoms with Crippen LogP contribution in [-0.2, 0) is 5.60 Å². The molecular formula is C16H19N3O4S. The highest BCUT2D eigenvalue weighted by Gasteiger charge is 2.25. The van der Waals surface area contributed by atoms with Crippen LogP contribution in [0.15, 0.2) is 29.6 Å². The molecule has 0 saturated carbocycles. The number of thiophene rings is 1. The number of carbonyl (C=O) groups excluding carboxylic acids is 1. The third-order valence-corrected chi connectivity index (χ3v) is 4.85. The first-order chi connectivity index (χ1) is 11.2. The van der Waals surface area contributed by atoms with E-state index in [9.17, 15) is 20.0 Å². The van der Waals surface area contributed by atoms with Crippen molar-refractivity contribution in [3.05, 3.63) is 55.8 Å². The predicted octanol–water partition coefficient (Wildman–Crippen LogP) is 3.30. The average Bonchev–Trinajstić information content (AvgIpc) is 3.04. The lowest BCUT2D eigenvalue weighted by Crippen LogP contribution is -2.40. The molecule has 0 aliphatic rings. The first-order valence-corrected chi connectivity index (χ1v) is 8.16. The molecule has 1 aromatic heterocycles. The fraction of sp³-hybridized carbons (Fsp3) is 0.312. The highest BCUT2D eigenvalue weighted by atomic mass is 32.1. The third-order valence-electron chi connectivity index (χ3n) is 3.73. The van der Waals surface area contributed by atoms with Gasteiger partial charge in [-0.3, -0.25) is 10.1 Å². The van der Waals surface area contributed by atoms with Gasteiger partial charge in [-0.25, -0.2) is 4.79 Å². The van der Waals surface area contributed by atoms with E-state index in [2.05, 4.69) is 10.6 Å². The van der Waals surface area contributed by atoms with E-state index in [1.807, 2.05) is 11.4 Å². The maximum absolute atomic E-state index is 12.1. The summed E-state index contributed by atoms with van der Waals surface area (Å²) in [6.07, 6.45) is 0. The Kier molecular flexibility index (Phi) is 5.20. The Labute approximate surface area is 143 Å². The maximum Gasteiger partial charge on any atom is 0.319 e. The minimum Gasteiger partial charge on any atom is -0.383 e. The zero-order chi connectivity index (χ0) is 17.9. The number of rotatable bonds is 5. The summed E-state index contributed by atoms with van der Waals surface area (Å²) in [6, 6.07) is 6.08. The van der Waals surface area contributed by atoms with Gasteiger partial charge in [0.2, 0.25) is 0 Å². The SMILES string of the molecule is Cc1ccc([N+](=O)[O-])c(C)c1NC(=O)NC[C@@](C)(O)c1cccs1. The topological polar surface area (TPSA) is 105 Å². The van der Waals surface area contributed by atoms with Crippen molar-refractivity contribution in [3.63, 3.8) is 0 Å². The van der Waals surface area contributed by atoms with Gasteiger partial charge in [0, 0.05) is 10.9 Å². The van der Waals surface area contributed by atoms with E-state index < -0.39 is 16.6 Å². The molecule has 24 heavy (non-hydrogen) atoms. The van der Waals surface area contributed by atoms with Crippen molar-refractivity contribution >= 4 is 28.7 Å². The van der Waals surface area contributed by atoms with Gasteiger partial charge in [-0.1, -0.05) is 12.1 Å². The number of nitro groups is 1.